The summed E-state index contributed by atoms with van der Waals surface area (Å²) < 4.78 is 51.9. The van der Waals surface area contributed by atoms with Crippen molar-refractivity contribution in [1.82, 2.24) is 4.72 Å². The normalized spacial score (nSPS) is 13.2. The monoisotopic (exact) mass is 291 g/mol. The highest BCUT2D eigenvalue weighted by Crippen LogP contribution is 2.15. The number of amidine groups is 1. The molecule has 1 aromatic rings. The van der Waals surface area contributed by atoms with Crippen molar-refractivity contribution >= 4 is 15.9 Å². The molecule has 106 valence electrons. The van der Waals surface area contributed by atoms with E-state index in [2.05, 4.69) is 4.72 Å². The number of nitrogens with two attached hydrogens (primary N) is 1. The van der Waals surface area contributed by atoms with Gasteiger partial charge in [-0.2, -0.15) is 0 Å². The van der Waals surface area contributed by atoms with Crippen molar-refractivity contribution in [2.24, 2.45) is 5.73 Å². The molecule has 0 saturated heterocycles. The maximum Gasteiger partial charge on any atom is 0.240 e. The predicted molar refractivity (Wildman–Crippen MR) is 67.3 cm³/mol. The van der Waals surface area contributed by atoms with Crippen LogP contribution in [-0.4, -0.2) is 20.3 Å². The number of hydrogen-bond acceptors (Lipinski definition) is 3. The molecule has 4 N–H and O–H groups in total. The molecule has 19 heavy (non-hydrogen) atoms. The Balaban J connectivity index is 2.96. The van der Waals surface area contributed by atoms with Crippen LogP contribution in [0.3, 0.4) is 0 Å². The summed E-state index contributed by atoms with van der Waals surface area (Å²) >= 11 is 0. The summed E-state index contributed by atoms with van der Waals surface area (Å²) in [6, 6.07) is 1.77. The molecule has 0 aromatic heterocycles. The van der Waals surface area contributed by atoms with E-state index in [1.54, 1.807) is 6.92 Å². The van der Waals surface area contributed by atoms with E-state index in [9.17, 15) is 17.2 Å². The molecule has 0 radical (unpaired) electrons. The Hall–Kier alpha value is -1.54. The van der Waals surface area contributed by atoms with Crippen LogP contribution in [0.5, 0.6) is 0 Å². The van der Waals surface area contributed by atoms with Crippen molar-refractivity contribution in [3.63, 3.8) is 0 Å². The average molecular weight is 291 g/mol. The second-order valence-corrected chi connectivity index (χ2v) is 5.75. The van der Waals surface area contributed by atoms with E-state index in [0.29, 0.717) is 12.5 Å². The number of hydrogen-bond donors (Lipinski definition) is 3. The van der Waals surface area contributed by atoms with Crippen molar-refractivity contribution in [3.8, 4) is 0 Å². The van der Waals surface area contributed by atoms with E-state index in [1.165, 1.54) is 0 Å². The first-order valence-electron chi connectivity index (χ1n) is 5.56. The largest absolute Gasteiger partial charge is 0.388 e. The Bertz CT molecular complexity index is 575. The first-order valence-corrected chi connectivity index (χ1v) is 7.05. The van der Waals surface area contributed by atoms with E-state index in [0.717, 1.165) is 12.1 Å². The molecule has 0 aliphatic rings. The van der Waals surface area contributed by atoms with E-state index in [1.807, 2.05) is 0 Å². The molecule has 0 amide bonds. The minimum Gasteiger partial charge on any atom is -0.388 e. The standard InChI is InChI=1S/C11H15F2N3O2S/c1-2-7(5-11(14)15)16-19(17,18)8-3-4-9(12)10(13)6-8/h3-4,6-7,16H,2,5H2,1H3,(H3,14,15). The maximum absolute atomic E-state index is 13.0. The Morgan fingerprint density at radius 1 is 1.42 bits per heavy atom. The van der Waals surface area contributed by atoms with Crippen molar-refractivity contribution in [1.29, 1.82) is 5.41 Å². The fraction of sp³-hybridized carbons (Fsp3) is 0.364. The zero-order valence-electron chi connectivity index (χ0n) is 10.3. The van der Waals surface area contributed by atoms with Gasteiger partial charge >= 0.3 is 0 Å². The lowest BCUT2D eigenvalue weighted by molar-refractivity contribution is 0.503. The molecule has 1 atom stereocenters. The van der Waals surface area contributed by atoms with Gasteiger partial charge in [-0.1, -0.05) is 6.92 Å². The average Bonchev–Trinajstić information content (AvgIpc) is 2.30. The summed E-state index contributed by atoms with van der Waals surface area (Å²) in [5.41, 5.74) is 5.21. The van der Waals surface area contributed by atoms with Crippen LogP contribution in [0.25, 0.3) is 0 Å². The predicted octanol–water partition coefficient (Wildman–Crippen LogP) is 1.35. The van der Waals surface area contributed by atoms with E-state index in [-0.39, 0.29) is 17.2 Å². The van der Waals surface area contributed by atoms with Crippen LogP contribution in [0.15, 0.2) is 23.1 Å². The molecule has 0 fully saturated rings. The summed E-state index contributed by atoms with van der Waals surface area (Å²) in [7, 11) is -3.97. The number of nitrogens with one attached hydrogen (secondary N) is 2. The third-order valence-corrected chi connectivity index (χ3v) is 4.00. The van der Waals surface area contributed by atoms with E-state index in [4.69, 9.17) is 11.1 Å². The maximum atomic E-state index is 13.0. The van der Waals surface area contributed by atoms with E-state index < -0.39 is 27.7 Å². The molecule has 0 spiro atoms. The molecule has 0 aliphatic heterocycles. The van der Waals surface area contributed by atoms with Crippen LogP contribution >= 0.6 is 0 Å². The van der Waals surface area contributed by atoms with Crippen LogP contribution in [0.1, 0.15) is 19.8 Å². The Labute approximate surface area is 110 Å². The van der Waals surface area contributed by atoms with Gasteiger partial charge < -0.3 is 5.73 Å². The number of sulfonamides is 1. The topological polar surface area (TPSA) is 96.0 Å². The smallest absolute Gasteiger partial charge is 0.240 e. The quantitative estimate of drug-likeness (QED) is 0.545. The van der Waals surface area contributed by atoms with Gasteiger partial charge in [-0.25, -0.2) is 21.9 Å². The number of benzene rings is 1. The molecule has 0 bridgehead atoms. The van der Waals surface area contributed by atoms with E-state index >= 15 is 0 Å². The second-order valence-electron chi connectivity index (χ2n) is 4.03. The first kappa shape index (κ1) is 15.5. The fourth-order valence-electron chi connectivity index (χ4n) is 1.47. The molecular weight excluding hydrogens is 276 g/mol. The van der Waals surface area contributed by atoms with Crippen LogP contribution < -0.4 is 10.5 Å². The first-order chi connectivity index (χ1) is 8.76. The van der Waals surface area contributed by atoms with Gasteiger partial charge in [0.25, 0.3) is 0 Å². The highest BCUT2D eigenvalue weighted by atomic mass is 32.2. The minimum atomic E-state index is -3.97. The zero-order chi connectivity index (χ0) is 14.6. The van der Waals surface area contributed by atoms with Crippen LogP contribution in [-0.2, 0) is 10.0 Å². The Morgan fingerprint density at radius 2 is 2.05 bits per heavy atom. The second kappa shape index (κ2) is 6.07. The summed E-state index contributed by atoms with van der Waals surface area (Å²) in [6.45, 7) is 1.72. The summed E-state index contributed by atoms with van der Waals surface area (Å²) in [4.78, 5) is -0.367. The fourth-order valence-corrected chi connectivity index (χ4v) is 2.80. The molecule has 5 nitrogen and oxygen atoms in total. The number of halogens is 2. The third-order valence-electron chi connectivity index (χ3n) is 2.48. The lowest BCUT2D eigenvalue weighted by Gasteiger charge is -2.16. The van der Waals surface area contributed by atoms with Crippen molar-refractivity contribution in [2.75, 3.05) is 0 Å². The third kappa shape index (κ3) is 4.25. The van der Waals surface area contributed by atoms with Gasteiger partial charge in [0.05, 0.1) is 10.7 Å². The molecule has 1 aromatic carbocycles. The zero-order valence-corrected chi connectivity index (χ0v) is 11.1. The summed E-state index contributed by atoms with van der Waals surface area (Å²) in [6.07, 6.45) is 0.474. The van der Waals surface area contributed by atoms with Crippen molar-refractivity contribution < 1.29 is 17.2 Å². The van der Waals surface area contributed by atoms with Gasteiger partial charge in [0, 0.05) is 12.5 Å². The van der Waals surface area contributed by atoms with Crippen molar-refractivity contribution in [3.05, 3.63) is 29.8 Å². The molecule has 1 rings (SSSR count). The van der Waals surface area contributed by atoms with Gasteiger partial charge in [-0.05, 0) is 24.6 Å². The Kier molecular flexibility index (Phi) is 4.96. The highest BCUT2D eigenvalue weighted by Gasteiger charge is 2.20. The molecule has 0 heterocycles. The molecule has 1 unspecified atom stereocenters. The van der Waals surface area contributed by atoms with Crippen LogP contribution in [0.4, 0.5) is 8.78 Å². The molecule has 0 saturated carbocycles. The molecule has 0 aliphatic carbocycles. The van der Waals surface area contributed by atoms with Gasteiger partial charge in [0.2, 0.25) is 10.0 Å². The van der Waals surface area contributed by atoms with Gasteiger partial charge in [0.1, 0.15) is 0 Å². The molecular formula is C11H15F2N3O2S. The molecule has 8 heteroatoms. The lowest BCUT2D eigenvalue weighted by Crippen LogP contribution is -2.37. The highest BCUT2D eigenvalue weighted by molar-refractivity contribution is 7.89. The van der Waals surface area contributed by atoms with Crippen molar-refractivity contribution in [2.45, 2.75) is 30.7 Å². The minimum absolute atomic E-state index is 0.0550. The van der Waals surface area contributed by atoms with Gasteiger partial charge in [0.15, 0.2) is 11.6 Å². The van der Waals surface area contributed by atoms with Gasteiger partial charge in [-0.3, -0.25) is 5.41 Å². The lowest BCUT2D eigenvalue weighted by atomic mass is 10.1. The van der Waals surface area contributed by atoms with Crippen LogP contribution in [0.2, 0.25) is 0 Å². The SMILES string of the molecule is CCC(CC(=N)N)NS(=O)(=O)c1ccc(F)c(F)c1. The number of rotatable bonds is 6. The summed E-state index contributed by atoms with van der Waals surface area (Å²) in [5, 5.41) is 7.14. The van der Waals surface area contributed by atoms with Crippen LogP contribution in [0, 0.1) is 17.0 Å². The Morgan fingerprint density at radius 3 is 2.53 bits per heavy atom. The van der Waals surface area contributed by atoms with Gasteiger partial charge in [-0.15, -0.1) is 0 Å². The summed E-state index contributed by atoms with van der Waals surface area (Å²) in [5.74, 6) is -2.50.